The standard InChI is InChI=1S/C21H25NO6Si/c1-25-29(26-2,27-3)12-6-9-19(28-22)14-10-11-17-18(13-14)21(24)16-8-5-4-7-15(16)20(17)23/h4-5,7-8,10-11,13,19H,6,9,12,22H2,1-3H3. The lowest BCUT2D eigenvalue weighted by atomic mass is 9.83. The van der Waals surface area contributed by atoms with Crippen LogP contribution in [0.1, 0.15) is 56.4 Å². The Balaban J connectivity index is 1.81. The Morgan fingerprint density at radius 3 is 1.97 bits per heavy atom. The highest BCUT2D eigenvalue weighted by Gasteiger charge is 2.37. The molecule has 1 atom stereocenters. The summed E-state index contributed by atoms with van der Waals surface area (Å²) in [6, 6.07) is 12.6. The van der Waals surface area contributed by atoms with Gasteiger partial charge < -0.3 is 13.3 Å². The Morgan fingerprint density at radius 2 is 1.41 bits per heavy atom. The zero-order valence-corrected chi connectivity index (χ0v) is 17.8. The molecule has 0 radical (unpaired) electrons. The largest absolute Gasteiger partial charge is 0.500 e. The van der Waals surface area contributed by atoms with Crippen molar-refractivity contribution >= 4 is 20.4 Å². The van der Waals surface area contributed by atoms with Crippen molar-refractivity contribution in [1.29, 1.82) is 0 Å². The van der Waals surface area contributed by atoms with Crippen LogP contribution in [0.4, 0.5) is 0 Å². The van der Waals surface area contributed by atoms with Gasteiger partial charge in [-0.2, -0.15) is 0 Å². The highest BCUT2D eigenvalue weighted by Crippen LogP contribution is 2.31. The maximum absolute atomic E-state index is 12.9. The molecule has 8 heteroatoms. The lowest BCUT2D eigenvalue weighted by Crippen LogP contribution is -2.42. The topological polar surface area (TPSA) is 97.1 Å². The fourth-order valence-corrected chi connectivity index (χ4v) is 5.44. The second kappa shape index (κ2) is 9.08. The van der Waals surface area contributed by atoms with Crippen LogP contribution in [-0.4, -0.2) is 41.7 Å². The smallest absolute Gasteiger partial charge is 0.377 e. The second-order valence-electron chi connectivity index (χ2n) is 6.82. The molecule has 0 aliphatic heterocycles. The molecule has 2 aromatic carbocycles. The maximum Gasteiger partial charge on any atom is 0.500 e. The fraction of sp³-hybridized carbons (Fsp3) is 0.333. The summed E-state index contributed by atoms with van der Waals surface area (Å²) in [4.78, 5) is 30.8. The van der Waals surface area contributed by atoms with Crippen molar-refractivity contribution in [3.63, 3.8) is 0 Å². The minimum Gasteiger partial charge on any atom is -0.377 e. The summed E-state index contributed by atoms with van der Waals surface area (Å²) in [5.74, 6) is 5.21. The van der Waals surface area contributed by atoms with E-state index in [-0.39, 0.29) is 11.6 Å². The van der Waals surface area contributed by atoms with Crippen LogP contribution < -0.4 is 5.90 Å². The first-order valence-corrected chi connectivity index (χ1v) is 11.3. The Hall–Kier alpha value is -2.20. The average Bonchev–Trinajstić information content (AvgIpc) is 2.78. The molecule has 2 N–H and O–H groups in total. The van der Waals surface area contributed by atoms with Gasteiger partial charge in [0, 0.05) is 49.6 Å². The van der Waals surface area contributed by atoms with Crippen molar-refractivity contribution in [2.75, 3.05) is 21.3 Å². The van der Waals surface area contributed by atoms with E-state index in [0.29, 0.717) is 41.1 Å². The highest BCUT2D eigenvalue weighted by molar-refractivity contribution is 6.60. The van der Waals surface area contributed by atoms with Crippen molar-refractivity contribution in [1.82, 2.24) is 0 Å². The van der Waals surface area contributed by atoms with E-state index >= 15 is 0 Å². The number of nitrogens with two attached hydrogens (primary N) is 1. The molecule has 29 heavy (non-hydrogen) atoms. The van der Waals surface area contributed by atoms with Crippen LogP contribution in [0, 0.1) is 0 Å². The molecular weight excluding hydrogens is 390 g/mol. The molecule has 0 fully saturated rings. The monoisotopic (exact) mass is 415 g/mol. The quantitative estimate of drug-likeness (QED) is 0.424. The SMILES string of the molecule is CO[Si](CCCC(ON)c1ccc2c(c1)C(=O)c1ccccc1C2=O)(OC)OC. The number of hydrogen-bond donors (Lipinski definition) is 1. The summed E-state index contributed by atoms with van der Waals surface area (Å²) in [5, 5.41) is 0. The minimum absolute atomic E-state index is 0.150. The van der Waals surface area contributed by atoms with Crippen LogP contribution in [0.15, 0.2) is 42.5 Å². The van der Waals surface area contributed by atoms with Crippen LogP contribution in [0.2, 0.25) is 6.04 Å². The van der Waals surface area contributed by atoms with E-state index < -0.39 is 14.9 Å². The third-order valence-electron chi connectivity index (χ3n) is 5.37. The van der Waals surface area contributed by atoms with Crippen molar-refractivity contribution in [2.24, 2.45) is 5.90 Å². The summed E-state index contributed by atoms with van der Waals surface area (Å²) in [5.41, 5.74) is 2.37. The molecule has 1 aliphatic carbocycles. The van der Waals surface area contributed by atoms with E-state index in [9.17, 15) is 9.59 Å². The van der Waals surface area contributed by atoms with Crippen molar-refractivity contribution in [2.45, 2.75) is 25.0 Å². The van der Waals surface area contributed by atoms with Gasteiger partial charge in [0.05, 0.1) is 0 Å². The van der Waals surface area contributed by atoms with Crippen molar-refractivity contribution in [3.8, 4) is 0 Å². The molecular formula is C21H25NO6Si. The molecule has 7 nitrogen and oxygen atoms in total. The van der Waals surface area contributed by atoms with E-state index in [0.717, 1.165) is 5.56 Å². The molecule has 3 rings (SSSR count). The van der Waals surface area contributed by atoms with Crippen LogP contribution in [0.5, 0.6) is 0 Å². The first-order valence-electron chi connectivity index (χ1n) is 9.33. The molecule has 0 spiro atoms. The van der Waals surface area contributed by atoms with Gasteiger partial charge in [-0.3, -0.25) is 14.4 Å². The average molecular weight is 416 g/mol. The number of hydrogen-bond acceptors (Lipinski definition) is 7. The summed E-state index contributed by atoms with van der Waals surface area (Å²) in [6.45, 7) is 0. The first-order chi connectivity index (χ1) is 14.0. The predicted octanol–water partition coefficient (Wildman–Crippen LogP) is 3.05. The number of benzene rings is 2. The number of ketones is 2. The summed E-state index contributed by atoms with van der Waals surface area (Å²) >= 11 is 0. The molecule has 0 bridgehead atoms. The van der Waals surface area contributed by atoms with E-state index in [1.807, 2.05) is 0 Å². The van der Waals surface area contributed by atoms with Crippen molar-refractivity contribution in [3.05, 3.63) is 70.3 Å². The van der Waals surface area contributed by atoms with Crippen LogP contribution in [0.25, 0.3) is 0 Å². The minimum atomic E-state index is -2.68. The molecule has 0 heterocycles. The maximum atomic E-state index is 12.9. The molecule has 0 aromatic heterocycles. The normalized spacial score (nSPS) is 14.5. The van der Waals surface area contributed by atoms with Gasteiger partial charge in [-0.25, -0.2) is 5.90 Å². The van der Waals surface area contributed by atoms with E-state index in [4.69, 9.17) is 24.0 Å². The third-order valence-corrected chi connectivity index (χ3v) is 8.20. The molecule has 1 unspecified atom stereocenters. The summed E-state index contributed by atoms with van der Waals surface area (Å²) in [6.07, 6.45) is 0.840. The highest BCUT2D eigenvalue weighted by atomic mass is 28.4. The van der Waals surface area contributed by atoms with Gasteiger partial charge >= 0.3 is 8.80 Å². The van der Waals surface area contributed by atoms with E-state index in [2.05, 4.69) is 0 Å². The van der Waals surface area contributed by atoms with Gasteiger partial charge in [0.1, 0.15) is 6.10 Å². The molecule has 0 saturated heterocycles. The Morgan fingerprint density at radius 1 is 0.862 bits per heavy atom. The number of carbonyl (C=O) groups is 2. The van der Waals surface area contributed by atoms with Crippen LogP contribution in [-0.2, 0) is 18.1 Å². The van der Waals surface area contributed by atoms with E-state index in [1.165, 1.54) is 0 Å². The van der Waals surface area contributed by atoms with Crippen molar-refractivity contribution < 1.29 is 27.7 Å². The third kappa shape index (κ3) is 4.09. The number of carbonyl (C=O) groups excluding carboxylic acids is 2. The summed E-state index contributed by atoms with van der Waals surface area (Å²) < 4.78 is 16.3. The zero-order chi connectivity index (χ0) is 21.0. The fourth-order valence-electron chi connectivity index (χ4n) is 3.69. The van der Waals surface area contributed by atoms with Crippen LogP contribution in [0.3, 0.4) is 0 Å². The lowest BCUT2D eigenvalue weighted by Gasteiger charge is -2.25. The number of fused-ring (bicyclic) bond motifs is 2. The van der Waals surface area contributed by atoms with Gasteiger partial charge in [-0.05, 0) is 30.5 Å². The van der Waals surface area contributed by atoms with Gasteiger partial charge in [-0.15, -0.1) is 0 Å². The summed E-state index contributed by atoms with van der Waals surface area (Å²) in [7, 11) is 2.03. The number of rotatable bonds is 9. The predicted molar refractivity (Wildman–Crippen MR) is 109 cm³/mol. The van der Waals surface area contributed by atoms with Gasteiger partial charge in [0.25, 0.3) is 0 Å². The van der Waals surface area contributed by atoms with Gasteiger partial charge in [-0.1, -0.05) is 30.3 Å². The Labute approximate surface area is 171 Å². The zero-order valence-electron chi connectivity index (χ0n) is 16.8. The first kappa shape index (κ1) is 21.5. The Bertz CT molecular complexity index is 904. The molecule has 154 valence electrons. The lowest BCUT2D eigenvalue weighted by molar-refractivity contribution is 0.0442. The van der Waals surface area contributed by atoms with Gasteiger partial charge in [0.15, 0.2) is 11.6 Å². The molecule has 0 amide bonds. The molecule has 2 aromatic rings. The molecule has 1 aliphatic rings. The van der Waals surface area contributed by atoms with Gasteiger partial charge in [0.2, 0.25) is 0 Å². The molecule has 0 saturated carbocycles. The second-order valence-corrected chi connectivity index (χ2v) is 9.91. The van der Waals surface area contributed by atoms with Crippen LogP contribution >= 0.6 is 0 Å². The van der Waals surface area contributed by atoms with E-state index in [1.54, 1.807) is 63.8 Å². The Kier molecular flexibility index (Phi) is 6.73.